The third-order valence-electron chi connectivity index (χ3n) is 4.28. The number of amides is 1. The number of hydrogen-bond acceptors (Lipinski definition) is 4. The third-order valence-corrected chi connectivity index (χ3v) is 4.28. The van der Waals surface area contributed by atoms with Gasteiger partial charge >= 0.3 is 5.97 Å². The van der Waals surface area contributed by atoms with E-state index in [0.29, 0.717) is 11.5 Å². The van der Waals surface area contributed by atoms with E-state index < -0.39 is 11.9 Å². The zero-order chi connectivity index (χ0) is 17.8. The molecule has 1 amide bonds. The van der Waals surface area contributed by atoms with Crippen LogP contribution in [-0.2, 0) is 14.3 Å². The Labute approximate surface area is 147 Å². The van der Waals surface area contributed by atoms with Crippen LogP contribution < -0.4 is 10.1 Å². The molecular formula is C20H21NO4. The second-order valence-corrected chi connectivity index (χ2v) is 6.10. The maximum absolute atomic E-state index is 12.7. The number of fused-ring (bicyclic) bond motifs is 2. The number of nitrogens with one attached hydrogen (secondary N) is 1. The number of carbonyl (C=O) groups is 2. The second kappa shape index (κ2) is 7.38. The summed E-state index contributed by atoms with van der Waals surface area (Å²) < 4.78 is 11.2. The summed E-state index contributed by atoms with van der Waals surface area (Å²) in [6.45, 7) is 3.60. The molecule has 2 aromatic rings. The van der Waals surface area contributed by atoms with Crippen molar-refractivity contribution < 1.29 is 19.1 Å². The Balaban J connectivity index is 1.79. The Hall–Kier alpha value is -2.82. The molecule has 0 saturated heterocycles. The fourth-order valence-corrected chi connectivity index (χ4v) is 2.80. The van der Waals surface area contributed by atoms with Crippen LogP contribution in [0.2, 0.25) is 0 Å². The Morgan fingerprint density at radius 2 is 1.64 bits per heavy atom. The predicted octanol–water partition coefficient (Wildman–Crippen LogP) is 3.38. The maximum atomic E-state index is 12.7. The molecule has 5 heteroatoms. The van der Waals surface area contributed by atoms with E-state index in [1.54, 1.807) is 0 Å². The molecule has 3 rings (SSSR count). The smallest absolute Gasteiger partial charge is 0.318 e. The highest BCUT2D eigenvalue weighted by Gasteiger charge is 2.33. The van der Waals surface area contributed by atoms with Gasteiger partial charge in [-0.05, 0) is 25.5 Å². The van der Waals surface area contributed by atoms with Crippen molar-refractivity contribution in [3.8, 4) is 11.5 Å². The van der Waals surface area contributed by atoms with Gasteiger partial charge in [0.25, 0.3) is 5.91 Å². The lowest BCUT2D eigenvalue weighted by molar-refractivity contribution is -0.149. The lowest BCUT2D eigenvalue weighted by Crippen LogP contribution is -2.36. The fraction of sp³-hybridized carbons (Fsp3) is 0.300. The number of esters is 1. The first-order valence-corrected chi connectivity index (χ1v) is 8.41. The van der Waals surface area contributed by atoms with Gasteiger partial charge in [-0.15, -0.1) is 0 Å². The highest BCUT2D eigenvalue weighted by Crippen LogP contribution is 2.44. The van der Waals surface area contributed by atoms with Crippen LogP contribution in [0, 0.1) is 0 Å². The first-order chi connectivity index (χ1) is 12.1. The molecule has 1 atom stereocenters. The molecular weight excluding hydrogens is 318 g/mol. The molecule has 0 saturated carbocycles. The highest BCUT2D eigenvalue weighted by atomic mass is 16.5. The van der Waals surface area contributed by atoms with E-state index in [1.807, 2.05) is 62.4 Å². The molecule has 1 heterocycles. The number of carbonyl (C=O) groups excluding carboxylic acids is 2. The van der Waals surface area contributed by atoms with E-state index in [1.165, 1.54) is 0 Å². The zero-order valence-corrected chi connectivity index (χ0v) is 14.3. The zero-order valence-electron chi connectivity index (χ0n) is 14.3. The lowest BCUT2D eigenvalue weighted by atomic mass is 9.88. The summed E-state index contributed by atoms with van der Waals surface area (Å²) in [5.74, 6) is -0.0872. The van der Waals surface area contributed by atoms with E-state index in [0.717, 1.165) is 17.5 Å². The standard InChI is InChI=1S/C20H21NO4/c1-3-13(2)21-18(22)12-24-20(23)19-14-8-4-6-10-16(14)25-17-11-7-5-9-15(17)19/h4-11,13,19H,3,12H2,1-2H3,(H,21,22)/t13-/m1/s1. The highest BCUT2D eigenvalue weighted by molar-refractivity contribution is 5.87. The fourth-order valence-electron chi connectivity index (χ4n) is 2.80. The summed E-state index contributed by atoms with van der Waals surface area (Å²) in [4.78, 5) is 24.6. The van der Waals surface area contributed by atoms with Crippen LogP contribution in [0.3, 0.4) is 0 Å². The van der Waals surface area contributed by atoms with Crippen molar-refractivity contribution >= 4 is 11.9 Å². The summed E-state index contributed by atoms with van der Waals surface area (Å²) in [5.41, 5.74) is 1.49. The van der Waals surface area contributed by atoms with Gasteiger partial charge in [-0.3, -0.25) is 9.59 Å². The van der Waals surface area contributed by atoms with Crippen molar-refractivity contribution in [1.82, 2.24) is 5.32 Å². The molecule has 5 nitrogen and oxygen atoms in total. The number of ether oxygens (including phenoxy) is 2. The SMILES string of the molecule is CC[C@@H](C)NC(=O)COC(=O)C1c2ccccc2Oc2ccccc21. The Morgan fingerprint density at radius 1 is 1.08 bits per heavy atom. The van der Waals surface area contributed by atoms with Gasteiger partial charge in [0, 0.05) is 17.2 Å². The van der Waals surface area contributed by atoms with Gasteiger partial charge in [0.05, 0.1) is 0 Å². The first kappa shape index (κ1) is 17.0. The van der Waals surface area contributed by atoms with Crippen molar-refractivity contribution in [3.63, 3.8) is 0 Å². The van der Waals surface area contributed by atoms with Crippen molar-refractivity contribution in [3.05, 3.63) is 59.7 Å². The van der Waals surface area contributed by atoms with E-state index in [-0.39, 0.29) is 18.6 Å². The van der Waals surface area contributed by atoms with Crippen LogP contribution in [0.25, 0.3) is 0 Å². The Bertz CT molecular complexity index is 741. The van der Waals surface area contributed by atoms with Crippen LogP contribution in [0.1, 0.15) is 37.3 Å². The number of benzene rings is 2. The molecule has 0 fully saturated rings. The lowest BCUT2D eigenvalue weighted by Gasteiger charge is -2.26. The van der Waals surface area contributed by atoms with Gasteiger partial charge in [-0.2, -0.15) is 0 Å². The summed E-state index contributed by atoms with van der Waals surface area (Å²) in [5, 5.41) is 2.79. The van der Waals surface area contributed by atoms with Crippen molar-refractivity contribution in [2.45, 2.75) is 32.2 Å². The average Bonchev–Trinajstić information content (AvgIpc) is 2.64. The summed E-state index contributed by atoms with van der Waals surface area (Å²) in [6, 6.07) is 14.8. The van der Waals surface area contributed by atoms with Crippen LogP contribution in [0.15, 0.2) is 48.5 Å². The normalized spacial score (nSPS) is 13.8. The quantitative estimate of drug-likeness (QED) is 0.848. The van der Waals surface area contributed by atoms with Crippen LogP contribution >= 0.6 is 0 Å². The molecule has 1 aliphatic heterocycles. The van der Waals surface area contributed by atoms with Crippen molar-refractivity contribution in [2.75, 3.05) is 6.61 Å². The van der Waals surface area contributed by atoms with Crippen molar-refractivity contribution in [1.29, 1.82) is 0 Å². The molecule has 0 radical (unpaired) electrons. The second-order valence-electron chi connectivity index (χ2n) is 6.10. The molecule has 130 valence electrons. The predicted molar refractivity (Wildman–Crippen MR) is 93.7 cm³/mol. The number of rotatable bonds is 5. The molecule has 2 aromatic carbocycles. The molecule has 0 bridgehead atoms. The minimum atomic E-state index is -0.599. The van der Waals surface area contributed by atoms with Crippen molar-refractivity contribution in [2.24, 2.45) is 0 Å². The Kier molecular flexibility index (Phi) is 5.03. The summed E-state index contributed by atoms with van der Waals surface area (Å²) in [7, 11) is 0. The molecule has 1 aliphatic rings. The number of hydrogen-bond donors (Lipinski definition) is 1. The van der Waals surface area contributed by atoms with Gasteiger partial charge < -0.3 is 14.8 Å². The molecule has 0 spiro atoms. The first-order valence-electron chi connectivity index (χ1n) is 8.41. The molecule has 1 N–H and O–H groups in total. The van der Waals surface area contributed by atoms with Gasteiger partial charge in [-0.1, -0.05) is 43.3 Å². The van der Waals surface area contributed by atoms with E-state index in [4.69, 9.17) is 9.47 Å². The van der Waals surface area contributed by atoms with Crippen LogP contribution in [0.4, 0.5) is 0 Å². The van der Waals surface area contributed by atoms with E-state index in [2.05, 4.69) is 5.32 Å². The van der Waals surface area contributed by atoms with Gasteiger partial charge in [0.1, 0.15) is 17.4 Å². The third kappa shape index (κ3) is 3.65. The maximum Gasteiger partial charge on any atom is 0.318 e. The number of para-hydroxylation sites is 2. The monoisotopic (exact) mass is 339 g/mol. The minimum Gasteiger partial charge on any atom is -0.457 e. The van der Waals surface area contributed by atoms with Crippen LogP contribution in [0.5, 0.6) is 11.5 Å². The minimum absolute atomic E-state index is 0.0516. The van der Waals surface area contributed by atoms with Gasteiger partial charge in [0.2, 0.25) is 0 Å². The largest absolute Gasteiger partial charge is 0.457 e. The average molecular weight is 339 g/mol. The molecule has 0 aromatic heterocycles. The topological polar surface area (TPSA) is 64.6 Å². The molecule has 0 aliphatic carbocycles. The van der Waals surface area contributed by atoms with E-state index in [9.17, 15) is 9.59 Å². The van der Waals surface area contributed by atoms with Gasteiger partial charge in [0.15, 0.2) is 6.61 Å². The van der Waals surface area contributed by atoms with Crippen LogP contribution in [-0.4, -0.2) is 24.5 Å². The molecule has 0 unspecified atom stereocenters. The summed E-state index contributed by atoms with van der Waals surface area (Å²) >= 11 is 0. The molecule has 25 heavy (non-hydrogen) atoms. The van der Waals surface area contributed by atoms with E-state index >= 15 is 0 Å². The Morgan fingerprint density at radius 3 is 2.20 bits per heavy atom. The summed E-state index contributed by atoms with van der Waals surface area (Å²) in [6.07, 6.45) is 0.820. The van der Waals surface area contributed by atoms with Gasteiger partial charge in [-0.25, -0.2) is 0 Å².